The lowest BCUT2D eigenvalue weighted by molar-refractivity contribution is 0.601. The number of thiophene rings is 1. The molecule has 102 valence electrons. The number of halogens is 2. The van der Waals surface area contributed by atoms with Crippen LogP contribution < -0.4 is 5.73 Å². The van der Waals surface area contributed by atoms with Crippen molar-refractivity contribution in [3.05, 3.63) is 49.0 Å². The second kappa shape index (κ2) is 5.65. The molecule has 0 spiro atoms. The molecule has 0 radical (unpaired) electrons. The molecule has 0 fully saturated rings. The molecular formula is C12H11Br2NO2S2. The Morgan fingerprint density at radius 2 is 1.95 bits per heavy atom. The Balaban J connectivity index is 2.42. The fourth-order valence-electron chi connectivity index (χ4n) is 1.62. The molecule has 2 aromatic rings. The van der Waals surface area contributed by atoms with Gasteiger partial charge in [0, 0.05) is 15.6 Å². The van der Waals surface area contributed by atoms with E-state index in [0.717, 1.165) is 18.7 Å². The van der Waals surface area contributed by atoms with Gasteiger partial charge in [-0.3, -0.25) is 0 Å². The summed E-state index contributed by atoms with van der Waals surface area (Å²) in [7, 11) is -3.21. The van der Waals surface area contributed by atoms with E-state index in [1.54, 1.807) is 18.2 Å². The van der Waals surface area contributed by atoms with Gasteiger partial charge in [0.05, 0.1) is 14.7 Å². The van der Waals surface area contributed by atoms with Crippen molar-refractivity contribution in [2.75, 3.05) is 6.26 Å². The molecule has 2 rings (SSSR count). The summed E-state index contributed by atoms with van der Waals surface area (Å²) in [4.78, 5) is 1.25. The van der Waals surface area contributed by atoms with Crippen LogP contribution in [-0.2, 0) is 9.84 Å². The van der Waals surface area contributed by atoms with Crippen LogP contribution in [0, 0.1) is 0 Å². The largest absolute Gasteiger partial charge is 0.320 e. The van der Waals surface area contributed by atoms with Crippen LogP contribution in [0.1, 0.15) is 16.5 Å². The van der Waals surface area contributed by atoms with Gasteiger partial charge in [-0.1, -0.05) is 12.1 Å². The van der Waals surface area contributed by atoms with Crippen molar-refractivity contribution >= 4 is 53.0 Å². The van der Waals surface area contributed by atoms with E-state index in [-0.39, 0.29) is 10.9 Å². The Morgan fingerprint density at radius 3 is 2.47 bits per heavy atom. The van der Waals surface area contributed by atoms with Crippen molar-refractivity contribution in [1.29, 1.82) is 0 Å². The van der Waals surface area contributed by atoms with Crippen LogP contribution >= 0.6 is 43.2 Å². The quantitative estimate of drug-likeness (QED) is 0.816. The summed E-state index contributed by atoms with van der Waals surface area (Å²) in [5.74, 6) is 0. The highest BCUT2D eigenvalue weighted by Gasteiger charge is 2.16. The third-order valence-corrected chi connectivity index (χ3v) is 7.07. The zero-order valence-electron chi connectivity index (χ0n) is 9.93. The van der Waals surface area contributed by atoms with Crippen molar-refractivity contribution < 1.29 is 8.42 Å². The maximum Gasteiger partial charge on any atom is 0.175 e. The lowest BCUT2D eigenvalue weighted by atomic mass is 10.1. The summed E-state index contributed by atoms with van der Waals surface area (Å²) < 4.78 is 25.0. The standard InChI is InChI=1S/C12H11Br2NO2S2/c1-19(16,17)8-4-2-3-7(5-8)11(15)10-6-9(13)12(14)18-10/h2-6,11H,15H2,1H3. The number of hydrogen-bond donors (Lipinski definition) is 1. The van der Waals surface area contributed by atoms with E-state index in [1.165, 1.54) is 17.6 Å². The minimum absolute atomic E-state index is 0.287. The van der Waals surface area contributed by atoms with Crippen LogP contribution in [0.4, 0.5) is 0 Å². The average molecular weight is 425 g/mol. The SMILES string of the molecule is CS(=O)(=O)c1cccc(C(N)c2cc(Br)c(Br)s2)c1. The number of benzene rings is 1. The second-order valence-electron chi connectivity index (χ2n) is 4.09. The molecule has 0 amide bonds. The minimum Gasteiger partial charge on any atom is -0.320 e. The summed E-state index contributed by atoms with van der Waals surface area (Å²) in [5, 5.41) is 0. The van der Waals surface area contributed by atoms with Crippen molar-refractivity contribution in [1.82, 2.24) is 0 Å². The van der Waals surface area contributed by atoms with Gasteiger partial charge in [0.15, 0.2) is 9.84 Å². The molecule has 7 heteroatoms. The van der Waals surface area contributed by atoms with Crippen LogP contribution in [0.15, 0.2) is 43.5 Å². The van der Waals surface area contributed by atoms with Gasteiger partial charge in [0.25, 0.3) is 0 Å². The summed E-state index contributed by atoms with van der Waals surface area (Å²) in [6.45, 7) is 0. The van der Waals surface area contributed by atoms with Gasteiger partial charge in [-0.25, -0.2) is 8.42 Å². The zero-order valence-corrected chi connectivity index (χ0v) is 14.7. The molecular weight excluding hydrogens is 414 g/mol. The van der Waals surface area contributed by atoms with E-state index in [1.807, 2.05) is 12.1 Å². The fourth-order valence-corrected chi connectivity index (χ4v) is 4.41. The van der Waals surface area contributed by atoms with Gasteiger partial charge >= 0.3 is 0 Å². The summed E-state index contributed by atoms with van der Waals surface area (Å²) in [6, 6.07) is 8.35. The van der Waals surface area contributed by atoms with Gasteiger partial charge in [-0.2, -0.15) is 0 Å². The van der Waals surface area contributed by atoms with E-state index in [2.05, 4.69) is 31.9 Å². The molecule has 1 unspecified atom stereocenters. The Bertz CT molecular complexity index is 691. The first-order valence-electron chi connectivity index (χ1n) is 5.29. The molecule has 0 aliphatic rings. The number of nitrogens with two attached hydrogens (primary N) is 1. The van der Waals surface area contributed by atoms with E-state index >= 15 is 0 Å². The van der Waals surface area contributed by atoms with Crippen LogP contribution in [0.3, 0.4) is 0 Å². The molecule has 3 nitrogen and oxygen atoms in total. The molecule has 1 atom stereocenters. The molecule has 1 aromatic carbocycles. The van der Waals surface area contributed by atoms with Gasteiger partial charge in [0.2, 0.25) is 0 Å². The summed E-state index contributed by atoms with van der Waals surface area (Å²) >= 11 is 8.36. The van der Waals surface area contributed by atoms with E-state index in [0.29, 0.717) is 0 Å². The first-order valence-corrected chi connectivity index (χ1v) is 9.59. The number of hydrogen-bond acceptors (Lipinski definition) is 4. The highest BCUT2D eigenvalue weighted by atomic mass is 79.9. The van der Waals surface area contributed by atoms with E-state index < -0.39 is 9.84 Å². The first-order chi connectivity index (χ1) is 8.79. The van der Waals surface area contributed by atoms with Crippen LogP contribution in [0.2, 0.25) is 0 Å². The Hall–Kier alpha value is -0.210. The monoisotopic (exact) mass is 423 g/mol. The van der Waals surface area contributed by atoms with Crippen LogP contribution in [0.25, 0.3) is 0 Å². The smallest absolute Gasteiger partial charge is 0.175 e. The van der Waals surface area contributed by atoms with Gasteiger partial charge in [-0.05, 0) is 55.6 Å². The number of sulfone groups is 1. The maximum absolute atomic E-state index is 11.5. The molecule has 0 aliphatic carbocycles. The van der Waals surface area contributed by atoms with Crippen LogP contribution in [0.5, 0.6) is 0 Å². The summed E-state index contributed by atoms with van der Waals surface area (Å²) in [5.41, 5.74) is 6.97. The number of rotatable bonds is 3. The highest BCUT2D eigenvalue weighted by Crippen LogP contribution is 2.36. The van der Waals surface area contributed by atoms with Crippen molar-refractivity contribution in [3.8, 4) is 0 Å². The Morgan fingerprint density at radius 1 is 1.26 bits per heavy atom. The van der Waals surface area contributed by atoms with E-state index in [9.17, 15) is 8.42 Å². The topological polar surface area (TPSA) is 60.2 Å². The average Bonchev–Trinajstić information content (AvgIpc) is 2.68. The van der Waals surface area contributed by atoms with Crippen LogP contribution in [-0.4, -0.2) is 14.7 Å². The lowest BCUT2D eigenvalue weighted by Crippen LogP contribution is -2.11. The van der Waals surface area contributed by atoms with Gasteiger partial charge in [-0.15, -0.1) is 11.3 Å². The maximum atomic E-state index is 11.5. The predicted molar refractivity (Wildman–Crippen MR) is 85.3 cm³/mol. The third kappa shape index (κ3) is 3.46. The van der Waals surface area contributed by atoms with Gasteiger partial charge < -0.3 is 5.73 Å². The Kier molecular flexibility index (Phi) is 4.52. The van der Waals surface area contributed by atoms with Crippen molar-refractivity contribution in [3.63, 3.8) is 0 Å². The highest BCUT2D eigenvalue weighted by molar-refractivity contribution is 9.13. The zero-order chi connectivity index (χ0) is 14.2. The van der Waals surface area contributed by atoms with Crippen molar-refractivity contribution in [2.24, 2.45) is 5.73 Å². The predicted octanol–water partition coefficient (Wildman–Crippen LogP) is 3.72. The molecule has 0 aliphatic heterocycles. The normalized spacial score (nSPS) is 13.5. The summed E-state index contributed by atoms with van der Waals surface area (Å²) in [6.07, 6.45) is 1.19. The molecule has 0 bridgehead atoms. The second-order valence-corrected chi connectivity index (χ2v) is 9.36. The van der Waals surface area contributed by atoms with Gasteiger partial charge in [0.1, 0.15) is 0 Å². The lowest BCUT2D eigenvalue weighted by Gasteiger charge is -2.11. The molecule has 1 aromatic heterocycles. The first kappa shape index (κ1) is 15.2. The molecule has 0 saturated heterocycles. The molecule has 0 saturated carbocycles. The van der Waals surface area contributed by atoms with Crippen molar-refractivity contribution in [2.45, 2.75) is 10.9 Å². The molecule has 19 heavy (non-hydrogen) atoms. The van der Waals surface area contributed by atoms with E-state index in [4.69, 9.17) is 5.73 Å². The Labute approximate surface area is 133 Å². The minimum atomic E-state index is -3.21. The molecule has 2 N–H and O–H groups in total. The molecule has 1 heterocycles. The fraction of sp³-hybridized carbons (Fsp3) is 0.167. The third-order valence-electron chi connectivity index (χ3n) is 2.62.